The van der Waals surface area contributed by atoms with Crippen LogP contribution in [0.3, 0.4) is 0 Å². The minimum atomic E-state index is 0.717. The molecule has 2 aromatic rings. The van der Waals surface area contributed by atoms with Crippen molar-refractivity contribution >= 4 is 5.82 Å². The fourth-order valence-electron chi connectivity index (χ4n) is 3.20. The zero-order valence-electron chi connectivity index (χ0n) is 12.5. The summed E-state index contributed by atoms with van der Waals surface area (Å²) in [4.78, 5) is 6.94. The third kappa shape index (κ3) is 3.61. The number of pyridine rings is 1. The highest BCUT2D eigenvalue weighted by atomic mass is 15.1. The summed E-state index contributed by atoms with van der Waals surface area (Å²) in [6.07, 6.45) is 7.36. The molecule has 0 radical (unpaired) electrons. The van der Waals surface area contributed by atoms with Gasteiger partial charge in [0.25, 0.3) is 0 Å². The standard InChI is InChI=1S/C16H23N5/c1-17-16-14(5-2-7-18-16)12-21-9-3-4-13(11-21)10-15-6-8-19-20-15/h2,5-8,13H,3-4,9-12H2,1H3,(H,17,18)(H,19,20)/t13-/m1/s1. The van der Waals surface area contributed by atoms with Crippen LogP contribution >= 0.6 is 0 Å². The van der Waals surface area contributed by atoms with Crippen LogP contribution in [0.2, 0.25) is 0 Å². The highest BCUT2D eigenvalue weighted by Crippen LogP contribution is 2.23. The summed E-state index contributed by atoms with van der Waals surface area (Å²) in [5.74, 6) is 1.71. The first-order valence-electron chi connectivity index (χ1n) is 7.67. The lowest BCUT2D eigenvalue weighted by molar-refractivity contribution is 0.166. The molecule has 1 fully saturated rings. The minimum absolute atomic E-state index is 0.717. The molecule has 2 aromatic heterocycles. The van der Waals surface area contributed by atoms with Crippen LogP contribution in [0.25, 0.3) is 0 Å². The number of hydrogen-bond acceptors (Lipinski definition) is 4. The summed E-state index contributed by atoms with van der Waals surface area (Å²) in [7, 11) is 1.93. The Balaban J connectivity index is 1.60. The van der Waals surface area contributed by atoms with Crippen LogP contribution in [0, 0.1) is 5.92 Å². The number of piperidine rings is 1. The molecule has 2 N–H and O–H groups in total. The second-order valence-electron chi connectivity index (χ2n) is 5.79. The average Bonchev–Trinajstić information content (AvgIpc) is 3.01. The van der Waals surface area contributed by atoms with Gasteiger partial charge in [-0.3, -0.25) is 10.00 Å². The van der Waals surface area contributed by atoms with Crippen molar-refractivity contribution in [3.63, 3.8) is 0 Å². The number of hydrogen-bond donors (Lipinski definition) is 2. The van der Waals surface area contributed by atoms with E-state index in [0.717, 1.165) is 25.3 Å². The lowest BCUT2D eigenvalue weighted by atomic mass is 9.93. The second-order valence-corrected chi connectivity index (χ2v) is 5.79. The van der Waals surface area contributed by atoms with Gasteiger partial charge in [0, 0.05) is 43.8 Å². The van der Waals surface area contributed by atoms with Crippen LogP contribution in [0.5, 0.6) is 0 Å². The predicted molar refractivity (Wildman–Crippen MR) is 84.1 cm³/mol. The number of aromatic nitrogens is 3. The molecular weight excluding hydrogens is 262 g/mol. The van der Waals surface area contributed by atoms with E-state index in [1.54, 1.807) is 0 Å². The van der Waals surface area contributed by atoms with Crippen molar-refractivity contribution in [1.29, 1.82) is 0 Å². The highest BCUT2D eigenvalue weighted by Gasteiger charge is 2.21. The topological polar surface area (TPSA) is 56.8 Å². The van der Waals surface area contributed by atoms with Crippen LogP contribution in [0.4, 0.5) is 5.82 Å². The fraction of sp³-hybridized carbons (Fsp3) is 0.500. The van der Waals surface area contributed by atoms with Crippen molar-refractivity contribution in [3.8, 4) is 0 Å². The lowest BCUT2D eigenvalue weighted by Crippen LogP contribution is -2.36. The van der Waals surface area contributed by atoms with Gasteiger partial charge in [0.15, 0.2) is 0 Å². The van der Waals surface area contributed by atoms with Crippen LogP contribution < -0.4 is 5.32 Å². The van der Waals surface area contributed by atoms with Gasteiger partial charge in [0.1, 0.15) is 5.82 Å². The van der Waals surface area contributed by atoms with Crippen molar-refractivity contribution in [3.05, 3.63) is 41.9 Å². The summed E-state index contributed by atoms with van der Waals surface area (Å²) in [5, 5.41) is 10.3. The zero-order valence-corrected chi connectivity index (χ0v) is 12.5. The van der Waals surface area contributed by atoms with Crippen LogP contribution in [0.1, 0.15) is 24.1 Å². The molecule has 0 aromatic carbocycles. The maximum absolute atomic E-state index is 4.39. The van der Waals surface area contributed by atoms with E-state index < -0.39 is 0 Å². The largest absolute Gasteiger partial charge is 0.373 e. The number of nitrogens with zero attached hydrogens (tertiary/aromatic N) is 3. The van der Waals surface area contributed by atoms with Crippen LogP contribution in [-0.4, -0.2) is 40.2 Å². The summed E-state index contributed by atoms with van der Waals surface area (Å²) in [6.45, 7) is 3.30. The summed E-state index contributed by atoms with van der Waals surface area (Å²) in [6, 6.07) is 6.26. The number of anilines is 1. The van der Waals surface area contributed by atoms with Gasteiger partial charge in [-0.05, 0) is 43.9 Å². The normalized spacial score (nSPS) is 19.6. The maximum Gasteiger partial charge on any atom is 0.130 e. The molecule has 0 unspecified atom stereocenters. The molecule has 0 bridgehead atoms. The number of rotatable bonds is 5. The monoisotopic (exact) mass is 285 g/mol. The number of H-pyrrole nitrogens is 1. The van der Waals surface area contributed by atoms with Crippen molar-refractivity contribution < 1.29 is 0 Å². The molecule has 1 saturated heterocycles. The minimum Gasteiger partial charge on any atom is -0.373 e. The Bertz CT molecular complexity index is 552. The fourth-order valence-corrected chi connectivity index (χ4v) is 3.20. The SMILES string of the molecule is CNc1ncccc1CN1CCC[C@H](Cc2ccn[nH]2)C1. The van der Waals surface area contributed by atoms with Crippen LogP contribution in [-0.2, 0) is 13.0 Å². The molecule has 0 spiro atoms. The molecule has 0 aliphatic carbocycles. The highest BCUT2D eigenvalue weighted by molar-refractivity contribution is 5.42. The van der Waals surface area contributed by atoms with Crippen molar-refractivity contribution in [1.82, 2.24) is 20.1 Å². The van der Waals surface area contributed by atoms with Crippen molar-refractivity contribution in [2.24, 2.45) is 5.92 Å². The molecule has 0 saturated carbocycles. The molecule has 1 atom stereocenters. The first-order chi connectivity index (χ1) is 10.3. The smallest absolute Gasteiger partial charge is 0.130 e. The molecule has 1 aliphatic rings. The number of nitrogens with one attached hydrogen (secondary N) is 2. The lowest BCUT2D eigenvalue weighted by Gasteiger charge is -2.32. The number of aromatic amines is 1. The molecule has 0 amide bonds. The van der Waals surface area contributed by atoms with Gasteiger partial charge in [-0.15, -0.1) is 0 Å². The van der Waals surface area contributed by atoms with E-state index in [0.29, 0.717) is 5.92 Å². The summed E-state index contributed by atoms with van der Waals surface area (Å²) < 4.78 is 0. The van der Waals surface area contributed by atoms with E-state index in [9.17, 15) is 0 Å². The van der Waals surface area contributed by atoms with Gasteiger partial charge < -0.3 is 5.32 Å². The summed E-state index contributed by atoms with van der Waals surface area (Å²) >= 11 is 0. The molecule has 112 valence electrons. The Hall–Kier alpha value is -1.88. The Kier molecular flexibility index (Phi) is 4.50. The predicted octanol–water partition coefficient (Wildman–Crippen LogP) is 2.30. The zero-order chi connectivity index (χ0) is 14.5. The Morgan fingerprint density at radius 2 is 2.33 bits per heavy atom. The van der Waals surface area contributed by atoms with Gasteiger partial charge in [0.05, 0.1) is 0 Å². The van der Waals surface area contributed by atoms with Crippen molar-refractivity contribution in [2.45, 2.75) is 25.8 Å². The molecule has 5 nitrogen and oxygen atoms in total. The third-order valence-corrected chi connectivity index (χ3v) is 4.19. The summed E-state index contributed by atoms with van der Waals surface area (Å²) in [5.41, 5.74) is 2.53. The Morgan fingerprint density at radius 1 is 1.38 bits per heavy atom. The van der Waals surface area contributed by atoms with E-state index in [1.807, 2.05) is 25.5 Å². The number of likely N-dealkylation sites (tertiary alicyclic amines) is 1. The van der Waals surface area contributed by atoms with E-state index in [-0.39, 0.29) is 0 Å². The Labute approximate surface area is 125 Å². The second kappa shape index (κ2) is 6.72. The van der Waals surface area contributed by atoms with E-state index in [1.165, 1.54) is 30.6 Å². The van der Waals surface area contributed by atoms with Gasteiger partial charge in [-0.25, -0.2) is 4.98 Å². The Morgan fingerprint density at radius 3 is 3.14 bits per heavy atom. The molecule has 21 heavy (non-hydrogen) atoms. The van der Waals surface area contributed by atoms with Crippen molar-refractivity contribution in [2.75, 3.05) is 25.5 Å². The maximum atomic E-state index is 4.39. The molecule has 5 heteroatoms. The average molecular weight is 285 g/mol. The molecular formula is C16H23N5. The molecule has 3 rings (SSSR count). The van der Waals surface area contributed by atoms with E-state index in [4.69, 9.17) is 0 Å². The van der Waals surface area contributed by atoms with Gasteiger partial charge >= 0.3 is 0 Å². The first-order valence-corrected chi connectivity index (χ1v) is 7.67. The third-order valence-electron chi connectivity index (χ3n) is 4.19. The molecule has 3 heterocycles. The van der Waals surface area contributed by atoms with Gasteiger partial charge in [0.2, 0.25) is 0 Å². The van der Waals surface area contributed by atoms with E-state index >= 15 is 0 Å². The first kappa shape index (κ1) is 14.1. The quantitative estimate of drug-likeness (QED) is 0.885. The van der Waals surface area contributed by atoms with E-state index in [2.05, 4.69) is 37.5 Å². The van der Waals surface area contributed by atoms with Gasteiger partial charge in [-0.1, -0.05) is 6.07 Å². The van der Waals surface area contributed by atoms with Crippen LogP contribution in [0.15, 0.2) is 30.6 Å². The van der Waals surface area contributed by atoms with Gasteiger partial charge in [-0.2, -0.15) is 5.10 Å². The molecule has 1 aliphatic heterocycles.